The van der Waals surface area contributed by atoms with Gasteiger partial charge in [0.2, 0.25) is 0 Å². The quantitative estimate of drug-likeness (QED) is 0.427. The standard InChI is InChI=1S/C5H8ClNO2/c1-9-5(8)4(6)2-3-7/h2H,3,7H2,1H3/p+1/b4-2+. The van der Waals surface area contributed by atoms with Crippen molar-refractivity contribution in [1.82, 2.24) is 0 Å². The third-order valence-corrected chi connectivity index (χ3v) is 1.01. The van der Waals surface area contributed by atoms with E-state index < -0.39 is 5.97 Å². The maximum Gasteiger partial charge on any atom is 0.349 e. The van der Waals surface area contributed by atoms with Gasteiger partial charge in [-0.05, 0) is 6.08 Å². The molecule has 0 saturated heterocycles. The van der Waals surface area contributed by atoms with Gasteiger partial charge < -0.3 is 10.5 Å². The minimum Gasteiger partial charge on any atom is -0.465 e. The summed E-state index contributed by atoms with van der Waals surface area (Å²) in [6.07, 6.45) is 1.49. The fraction of sp³-hybridized carbons (Fsp3) is 0.400. The lowest BCUT2D eigenvalue weighted by Gasteiger charge is -1.92. The molecule has 0 aromatic rings. The highest BCUT2D eigenvalue weighted by molar-refractivity contribution is 6.41. The zero-order valence-electron chi connectivity index (χ0n) is 5.19. The molecule has 52 valence electrons. The van der Waals surface area contributed by atoms with Crippen molar-refractivity contribution in [1.29, 1.82) is 0 Å². The molecule has 0 unspecified atom stereocenters. The van der Waals surface area contributed by atoms with Crippen molar-refractivity contribution in [2.45, 2.75) is 0 Å². The molecule has 0 aliphatic carbocycles. The molecule has 0 rings (SSSR count). The number of halogens is 1. The van der Waals surface area contributed by atoms with Gasteiger partial charge in [0, 0.05) is 0 Å². The molecule has 0 amide bonds. The zero-order chi connectivity index (χ0) is 7.28. The van der Waals surface area contributed by atoms with E-state index in [1.165, 1.54) is 13.2 Å². The van der Waals surface area contributed by atoms with Crippen LogP contribution in [0.3, 0.4) is 0 Å². The second kappa shape index (κ2) is 4.35. The van der Waals surface area contributed by atoms with Crippen molar-refractivity contribution in [3.8, 4) is 0 Å². The molecule has 3 nitrogen and oxygen atoms in total. The van der Waals surface area contributed by atoms with Gasteiger partial charge in [-0.1, -0.05) is 11.6 Å². The van der Waals surface area contributed by atoms with Gasteiger partial charge >= 0.3 is 5.97 Å². The lowest BCUT2D eigenvalue weighted by Crippen LogP contribution is -2.49. The highest BCUT2D eigenvalue weighted by Gasteiger charge is 2.03. The fourth-order valence-electron chi connectivity index (χ4n) is 0.308. The first-order chi connectivity index (χ1) is 4.22. The summed E-state index contributed by atoms with van der Waals surface area (Å²) >= 11 is 5.38. The average molecular weight is 151 g/mol. The van der Waals surface area contributed by atoms with E-state index in [2.05, 4.69) is 10.5 Å². The number of hydrogen-bond donors (Lipinski definition) is 1. The van der Waals surface area contributed by atoms with Crippen molar-refractivity contribution >= 4 is 17.6 Å². The summed E-state index contributed by atoms with van der Waals surface area (Å²) in [4.78, 5) is 10.5. The highest BCUT2D eigenvalue weighted by Crippen LogP contribution is 2.00. The van der Waals surface area contributed by atoms with Gasteiger partial charge in [0.25, 0.3) is 0 Å². The van der Waals surface area contributed by atoms with E-state index in [-0.39, 0.29) is 5.03 Å². The Labute approximate surface area is 58.4 Å². The Hall–Kier alpha value is -0.540. The summed E-state index contributed by atoms with van der Waals surface area (Å²) < 4.78 is 4.30. The van der Waals surface area contributed by atoms with Gasteiger partial charge in [0.15, 0.2) is 0 Å². The molecule has 3 N–H and O–H groups in total. The van der Waals surface area contributed by atoms with Crippen LogP contribution >= 0.6 is 11.6 Å². The van der Waals surface area contributed by atoms with E-state index in [4.69, 9.17) is 11.6 Å². The molecule has 0 fully saturated rings. The predicted octanol–water partition coefficient (Wildman–Crippen LogP) is -0.476. The molecular weight excluding hydrogens is 142 g/mol. The number of quaternary nitrogens is 1. The first-order valence-corrected chi connectivity index (χ1v) is 2.83. The second-order valence-corrected chi connectivity index (χ2v) is 1.74. The van der Waals surface area contributed by atoms with E-state index in [1.54, 1.807) is 0 Å². The largest absolute Gasteiger partial charge is 0.465 e. The Kier molecular flexibility index (Phi) is 4.09. The zero-order valence-corrected chi connectivity index (χ0v) is 5.94. The molecule has 9 heavy (non-hydrogen) atoms. The van der Waals surface area contributed by atoms with Gasteiger partial charge in [0.05, 0.1) is 13.7 Å². The Morgan fingerprint density at radius 2 is 2.44 bits per heavy atom. The Morgan fingerprint density at radius 3 is 2.78 bits per heavy atom. The van der Waals surface area contributed by atoms with E-state index in [9.17, 15) is 4.79 Å². The molecule has 0 heterocycles. The van der Waals surface area contributed by atoms with Crippen LogP contribution in [-0.2, 0) is 9.53 Å². The molecule has 4 heteroatoms. The Bertz CT molecular complexity index is 133. The lowest BCUT2D eigenvalue weighted by atomic mass is 10.5. The van der Waals surface area contributed by atoms with Crippen molar-refractivity contribution in [3.63, 3.8) is 0 Å². The monoisotopic (exact) mass is 150 g/mol. The Balaban J connectivity index is 3.86. The van der Waals surface area contributed by atoms with E-state index in [1.807, 2.05) is 0 Å². The normalized spacial score (nSPS) is 11.2. The van der Waals surface area contributed by atoms with Crippen molar-refractivity contribution in [2.75, 3.05) is 13.7 Å². The molecule has 0 bridgehead atoms. The number of ether oxygens (including phenoxy) is 1. The minimum absolute atomic E-state index is 0.0903. The number of carbonyl (C=O) groups is 1. The lowest BCUT2D eigenvalue weighted by molar-refractivity contribution is -0.352. The van der Waals surface area contributed by atoms with Crippen molar-refractivity contribution in [3.05, 3.63) is 11.1 Å². The molecular formula is C5H9ClNO2+. The molecule has 0 aliphatic heterocycles. The third-order valence-electron chi connectivity index (χ3n) is 0.704. The maximum atomic E-state index is 10.5. The third kappa shape index (κ3) is 3.11. The summed E-state index contributed by atoms with van der Waals surface area (Å²) in [7, 11) is 1.28. The summed E-state index contributed by atoms with van der Waals surface area (Å²) in [5, 5.41) is 0.0903. The van der Waals surface area contributed by atoms with E-state index >= 15 is 0 Å². The van der Waals surface area contributed by atoms with Crippen LogP contribution < -0.4 is 5.73 Å². The predicted molar refractivity (Wildman–Crippen MR) is 33.7 cm³/mol. The molecule has 0 aromatic carbocycles. The second-order valence-electron chi connectivity index (χ2n) is 1.33. The van der Waals surface area contributed by atoms with Gasteiger partial charge in [-0.3, -0.25) is 0 Å². The van der Waals surface area contributed by atoms with Crippen molar-refractivity contribution in [2.24, 2.45) is 0 Å². The number of methoxy groups -OCH3 is 1. The maximum absolute atomic E-state index is 10.5. The van der Waals surface area contributed by atoms with Crippen LogP contribution in [0.1, 0.15) is 0 Å². The Morgan fingerprint density at radius 1 is 1.89 bits per heavy atom. The van der Waals surface area contributed by atoms with Gasteiger partial charge in [-0.15, -0.1) is 0 Å². The van der Waals surface area contributed by atoms with Crippen LogP contribution in [-0.4, -0.2) is 19.6 Å². The van der Waals surface area contributed by atoms with Crippen LogP contribution in [0.5, 0.6) is 0 Å². The summed E-state index contributed by atoms with van der Waals surface area (Å²) in [6, 6.07) is 0. The number of esters is 1. The number of carbonyl (C=O) groups excluding carboxylic acids is 1. The minimum atomic E-state index is -0.514. The van der Waals surface area contributed by atoms with E-state index in [0.29, 0.717) is 6.54 Å². The molecule has 0 spiro atoms. The number of rotatable bonds is 2. The van der Waals surface area contributed by atoms with Crippen molar-refractivity contribution < 1.29 is 15.3 Å². The van der Waals surface area contributed by atoms with Gasteiger partial charge in [0.1, 0.15) is 5.03 Å². The summed E-state index contributed by atoms with van der Waals surface area (Å²) in [5.41, 5.74) is 3.47. The number of hydrogen-bond acceptors (Lipinski definition) is 2. The molecule has 0 aromatic heterocycles. The fourth-order valence-corrected chi connectivity index (χ4v) is 0.494. The molecule has 0 saturated carbocycles. The van der Waals surface area contributed by atoms with Crippen LogP contribution in [0.15, 0.2) is 11.1 Å². The first-order valence-electron chi connectivity index (χ1n) is 2.45. The highest BCUT2D eigenvalue weighted by atomic mass is 35.5. The van der Waals surface area contributed by atoms with Crippen LogP contribution in [0, 0.1) is 0 Å². The molecule has 0 atom stereocenters. The average Bonchev–Trinajstić information content (AvgIpc) is 1.87. The van der Waals surface area contributed by atoms with E-state index in [0.717, 1.165) is 0 Å². The summed E-state index contributed by atoms with van der Waals surface area (Å²) in [6.45, 7) is 0.494. The van der Waals surface area contributed by atoms with Crippen LogP contribution in [0.2, 0.25) is 0 Å². The van der Waals surface area contributed by atoms with Crippen LogP contribution in [0.25, 0.3) is 0 Å². The topological polar surface area (TPSA) is 53.9 Å². The van der Waals surface area contributed by atoms with Crippen LogP contribution in [0.4, 0.5) is 0 Å². The smallest absolute Gasteiger partial charge is 0.349 e. The summed E-state index contributed by atoms with van der Waals surface area (Å²) in [5.74, 6) is -0.514. The molecule has 0 aliphatic rings. The van der Waals surface area contributed by atoms with Gasteiger partial charge in [-0.2, -0.15) is 0 Å². The first kappa shape index (κ1) is 8.46. The SMILES string of the molecule is COC(=O)/C(Cl)=C\C[NH3+]. The molecule has 0 radical (unpaired) electrons. The van der Waals surface area contributed by atoms with Gasteiger partial charge in [-0.25, -0.2) is 4.79 Å².